The van der Waals surface area contributed by atoms with Crippen LogP contribution in [0.2, 0.25) is 0 Å². The first-order chi connectivity index (χ1) is 7.36. The summed E-state index contributed by atoms with van der Waals surface area (Å²) in [5, 5.41) is 8.91. The van der Waals surface area contributed by atoms with E-state index in [1.807, 2.05) is 6.07 Å². The van der Waals surface area contributed by atoms with Gasteiger partial charge < -0.3 is 15.6 Å². The molecule has 88 valence electrons. The highest BCUT2D eigenvalue weighted by atomic mass is 79.9. The molecule has 16 heavy (non-hydrogen) atoms. The van der Waals surface area contributed by atoms with Gasteiger partial charge in [-0.05, 0) is 40.5 Å². The van der Waals surface area contributed by atoms with Gasteiger partial charge in [0.05, 0.1) is 11.6 Å². The third-order valence-electron chi connectivity index (χ3n) is 2.28. The molecule has 0 fully saturated rings. The monoisotopic (exact) mass is 287 g/mol. The van der Waals surface area contributed by atoms with E-state index in [-0.39, 0.29) is 6.42 Å². The molecule has 0 radical (unpaired) electrons. The number of benzene rings is 1. The van der Waals surface area contributed by atoms with Crippen molar-refractivity contribution in [3.63, 3.8) is 0 Å². The van der Waals surface area contributed by atoms with E-state index < -0.39 is 11.5 Å². The van der Waals surface area contributed by atoms with E-state index in [1.165, 1.54) is 6.92 Å². The van der Waals surface area contributed by atoms with Gasteiger partial charge in [0.25, 0.3) is 0 Å². The Bertz CT molecular complexity index is 404. The van der Waals surface area contributed by atoms with Gasteiger partial charge in [0.15, 0.2) is 0 Å². The molecule has 0 aromatic heterocycles. The second-order valence-electron chi connectivity index (χ2n) is 3.87. The zero-order valence-corrected chi connectivity index (χ0v) is 10.7. The molecule has 0 saturated heterocycles. The van der Waals surface area contributed by atoms with Gasteiger partial charge in [0, 0.05) is 6.42 Å². The number of methoxy groups -OCH3 is 1. The third-order valence-corrected chi connectivity index (χ3v) is 2.90. The number of ether oxygens (including phenoxy) is 1. The molecule has 1 unspecified atom stereocenters. The molecule has 0 aliphatic carbocycles. The van der Waals surface area contributed by atoms with E-state index >= 15 is 0 Å². The van der Waals surface area contributed by atoms with Crippen LogP contribution in [0.4, 0.5) is 0 Å². The highest BCUT2D eigenvalue weighted by Crippen LogP contribution is 2.26. The van der Waals surface area contributed by atoms with Crippen LogP contribution in [0.3, 0.4) is 0 Å². The minimum absolute atomic E-state index is 0.269. The van der Waals surface area contributed by atoms with Crippen LogP contribution in [0, 0.1) is 0 Å². The van der Waals surface area contributed by atoms with E-state index in [1.54, 1.807) is 19.2 Å². The van der Waals surface area contributed by atoms with Gasteiger partial charge in [-0.15, -0.1) is 0 Å². The van der Waals surface area contributed by atoms with Crippen LogP contribution in [0.15, 0.2) is 22.7 Å². The van der Waals surface area contributed by atoms with Gasteiger partial charge in [-0.1, -0.05) is 6.07 Å². The van der Waals surface area contributed by atoms with Crippen LogP contribution in [-0.2, 0) is 11.2 Å². The topological polar surface area (TPSA) is 72.5 Å². The minimum atomic E-state index is -1.26. The molecule has 0 bridgehead atoms. The van der Waals surface area contributed by atoms with Gasteiger partial charge in [-0.2, -0.15) is 0 Å². The van der Waals surface area contributed by atoms with Gasteiger partial charge in [0.2, 0.25) is 0 Å². The first kappa shape index (κ1) is 13.0. The van der Waals surface area contributed by atoms with Crippen molar-refractivity contribution in [1.29, 1.82) is 0 Å². The van der Waals surface area contributed by atoms with Gasteiger partial charge in [-0.25, -0.2) is 0 Å². The van der Waals surface area contributed by atoms with Crippen molar-refractivity contribution in [3.05, 3.63) is 28.2 Å². The van der Waals surface area contributed by atoms with Crippen LogP contribution in [-0.4, -0.2) is 23.7 Å². The molecule has 1 aromatic rings. The summed E-state index contributed by atoms with van der Waals surface area (Å²) in [5.74, 6) is -0.308. The molecule has 1 aromatic carbocycles. The Morgan fingerprint density at radius 2 is 2.25 bits per heavy atom. The second-order valence-corrected chi connectivity index (χ2v) is 4.72. The number of rotatable bonds is 4. The first-order valence-electron chi connectivity index (χ1n) is 4.71. The predicted octanol–water partition coefficient (Wildman–Crippen LogP) is 1.80. The fourth-order valence-corrected chi connectivity index (χ4v) is 1.91. The maximum Gasteiger partial charge on any atom is 0.323 e. The van der Waals surface area contributed by atoms with Gasteiger partial charge in [-0.3, -0.25) is 4.79 Å². The number of hydrogen-bond acceptors (Lipinski definition) is 3. The molecule has 0 amide bonds. The van der Waals surface area contributed by atoms with Crippen molar-refractivity contribution >= 4 is 21.9 Å². The van der Waals surface area contributed by atoms with Crippen molar-refractivity contribution in [1.82, 2.24) is 0 Å². The predicted molar refractivity (Wildman–Crippen MR) is 64.6 cm³/mol. The van der Waals surface area contributed by atoms with Crippen LogP contribution >= 0.6 is 15.9 Å². The molecule has 0 spiro atoms. The fourth-order valence-electron chi connectivity index (χ4n) is 1.32. The normalized spacial score (nSPS) is 14.2. The van der Waals surface area contributed by atoms with E-state index in [9.17, 15) is 4.79 Å². The smallest absolute Gasteiger partial charge is 0.323 e. The quantitative estimate of drug-likeness (QED) is 0.886. The molecule has 1 rings (SSSR count). The van der Waals surface area contributed by atoms with Crippen molar-refractivity contribution < 1.29 is 14.6 Å². The molecule has 0 saturated carbocycles. The molecular formula is C11H14BrNO3. The van der Waals surface area contributed by atoms with E-state index in [0.29, 0.717) is 5.75 Å². The molecule has 4 nitrogen and oxygen atoms in total. The number of halogens is 1. The molecular weight excluding hydrogens is 274 g/mol. The van der Waals surface area contributed by atoms with Crippen LogP contribution in [0.25, 0.3) is 0 Å². The SMILES string of the molecule is COc1ccc(CC(C)(N)C(=O)O)cc1Br. The summed E-state index contributed by atoms with van der Waals surface area (Å²) in [5.41, 5.74) is 5.26. The molecule has 0 aliphatic heterocycles. The van der Waals surface area contributed by atoms with E-state index in [0.717, 1.165) is 10.0 Å². The lowest BCUT2D eigenvalue weighted by Crippen LogP contribution is -2.46. The van der Waals surface area contributed by atoms with Crippen LogP contribution in [0.1, 0.15) is 12.5 Å². The van der Waals surface area contributed by atoms with E-state index in [4.69, 9.17) is 15.6 Å². The first-order valence-corrected chi connectivity index (χ1v) is 5.51. The summed E-state index contributed by atoms with van der Waals surface area (Å²) in [6.45, 7) is 1.49. The van der Waals surface area contributed by atoms with Crippen LogP contribution in [0.5, 0.6) is 5.75 Å². The average Bonchev–Trinajstić information content (AvgIpc) is 2.17. The Balaban J connectivity index is 2.91. The molecule has 1 atom stereocenters. The highest BCUT2D eigenvalue weighted by Gasteiger charge is 2.28. The Labute approximate surface area is 103 Å². The summed E-state index contributed by atoms with van der Waals surface area (Å²) in [6.07, 6.45) is 0.269. The van der Waals surface area contributed by atoms with Crippen molar-refractivity contribution in [3.8, 4) is 5.75 Å². The molecule has 0 aliphatic rings. The maximum absolute atomic E-state index is 10.9. The molecule has 3 N–H and O–H groups in total. The second kappa shape index (κ2) is 4.84. The zero-order chi connectivity index (χ0) is 12.3. The molecule has 5 heteroatoms. The Morgan fingerprint density at radius 1 is 1.62 bits per heavy atom. The third kappa shape index (κ3) is 2.96. The number of carboxylic acids is 1. The zero-order valence-electron chi connectivity index (χ0n) is 9.16. The molecule has 0 heterocycles. The largest absolute Gasteiger partial charge is 0.496 e. The fraction of sp³-hybridized carbons (Fsp3) is 0.364. The Morgan fingerprint density at radius 3 is 2.69 bits per heavy atom. The number of nitrogens with two attached hydrogens (primary N) is 1. The van der Waals surface area contributed by atoms with E-state index in [2.05, 4.69) is 15.9 Å². The van der Waals surface area contributed by atoms with Crippen LogP contribution < -0.4 is 10.5 Å². The lowest BCUT2D eigenvalue weighted by Gasteiger charge is -2.19. The number of hydrogen-bond donors (Lipinski definition) is 2. The summed E-state index contributed by atoms with van der Waals surface area (Å²) in [4.78, 5) is 10.9. The Hall–Kier alpha value is -1.07. The van der Waals surface area contributed by atoms with Crippen molar-refractivity contribution in [2.24, 2.45) is 5.73 Å². The summed E-state index contributed by atoms with van der Waals surface area (Å²) in [6, 6.07) is 5.39. The summed E-state index contributed by atoms with van der Waals surface area (Å²) in [7, 11) is 1.57. The van der Waals surface area contributed by atoms with Crippen molar-refractivity contribution in [2.75, 3.05) is 7.11 Å². The summed E-state index contributed by atoms with van der Waals surface area (Å²) >= 11 is 3.34. The summed E-state index contributed by atoms with van der Waals surface area (Å²) < 4.78 is 5.87. The van der Waals surface area contributed by atoms with Gasteiger partial charge in [0.1, 0.15) is 11.3 Å². The minimum Gasteiger partial charge on any atom is -0.496 e. The Kier molecular flexibility index (Phi) is 3.93. The lowest BCUT2D eigenvalue weighted by atomic mass is 9.94. The van der Waals surface area contributed by atoms with Gasteiger partial charge >= 0.3 is 5.97 Å². The number of carboxylic acid groups (broad SMARTS) is 1. The van der Waals surface area contributed by atoms with Crippen molar-refractivity contribution in [2.45, 2.75) is 18.9 Å². The lowest BCUT2D eigenvalue weighted by molar-refractivity contribution is -0.142. The number of carbonyl (C=O) groups is 1. The number of aliphatic carboxylic acids is 1. The maximum atomic E-state index is 10.9. The highest BCUT2D eigenvalue weighted by molar-refractivity contribution is 9.10. The average molecular weight is 288 g/mol. The standard InChI is InChI=1S/C11H14BrNO3/c1-11(13,10(14)15)6-7-3-4-9(16-2)8(12)5-7/h3-5H,6,13H2,1-2H3,(H,14,15).